The van der Waals surface area contributed by atoms with Crippen LogP contribution in [-0.2, 0) is 6.18 Å². The monoisotopic (exact) mass is 283 g/mol. The van der Waals surface area contributed by atoms with E-state index < -0.39 is 11.7 Å². The molecule has 1 aromatic carbocycles. The molecule has 110 valence electrons. The first-order chi connectivity index (χ1) is 9.45. The molecule has 1 saturated heterocycles. The summed E-state index contributed by atoms with van der Waals surface area (Å²) in [6, 6.07) is 5.97. The molecule has 1 saturated carbocycles. The Morgan fingerprint density at radius 1 is 1.15 bits per heavy atom. The highest BCUT2D eigenvalue weighted by molar-refractivity contribution is 5.29. The third-order valence-corrected chi connectivity index (χ3v) is 4.92. The zero-order valence-corrected chi connectivity index (χ0v) is 11.7. The second-order valence-corrected chi connectivity index (χ2v) is 6.31. The van der Waals surface area contributed by atoms with E-state index in [0.717, 1.165) is 31.5 Å². The van der Waals surface area contributed by atoms with Crippen LogP contribution in [0, 0.1) is 11.8 Å². The van der Waals surface area contributed by atoms with Gasteiger partial charge < -0.3 is 4.90 Å². The fourth-order valence-electron chi connectivity index (χ4n) is 4.05. The third kappa shape index (κ3) is 2.58. The Morgan fingerprint density at radius 3 is 2.70 bits per heavy atom. The van der Waals surface area contributed by atoms with E-state index in [1.807, 2.05) is 6.07 Å². The van der Waals surface area contributed by atoms with Crippen LogP contribution in [0.3, 0.4) is 0 Å². The number of likely N-dealkylation sites (tertiary alicyclic amines) is 1. The van der Waals surface area contributed by atoms with E-state index in [4.69, 9.17) is 0 Å². The van der Waals surface area contributed by atoms with E-state index in [2.05, 4.69) is 11.9 Å². The smallest absolute Gasteiger partial charge is 0.306 e. The van der Waals surface area contributed by atoms with Crippen molar-refractivity contribution in [3.05, 3.63) is 35.4 Å². The fourth-order valence-corrected chi connectivity index (χ4v) is 4.05. The van der Waals surface area contributed by atoms with Crippen molar-refractivity contribution in [2.24, 2.45) is 11.8 Å². The van der Waals surface area contributed by atoms with Crippen molar-refractivity contribution >= 4 is 0 Å². The molecular formula is C16H20F3N. The zero-order valence-electron chi connectivity index (χ0n) is 11.7. The van der Waals surface area contributed by atoms with Crippen molar-refractivity contribution in [3.8, 4) is 0 Å². The minimum Gasteiger partial charge on any atom is -0.306 e. The van der Waals surface area contributed by atoms with Crippen LogP contribution >= 0.6 is 0 Å². The highest BCUT2D eigenvalue weighted by Gasteiger charge is 2.40. The van der Waals surface area contributed by atoms with Crippen LogP contribution < -0.4 is 0 Å². The largest absolute Gasteiger partial charge is 0.416 e. The summed E-state index contributed by atoms with van der Waals surface area (Å²) >= 11 is 0. The van der Waals surface area contributed by atoms with Gasteiger partial charge in [-0.05, 0) is 49.3 Å². The van der Waals surface area contributed by atoms with Gasteiger partial charge in [0, 0.05) is 13.1 Å². The van der Waals surface area contributed by atoms with Crippen molar-refractivity contribution in [2.75, 3.05) is 20.1 Å². The number of hydrogen-bond acceptors (Lipinski definition) is 1. The van der Waals surface area contributed by atoms with Gasteiger partial charge in [-0.3, -0.25) is 0 Å². The van der Waals surface area contributed by atoms with Gasteiger partial charge in [0.05, 0.1) is 5.56 Å². The van der Waals surface area contributed by atoms with Crippen LogP contribution in [0.1, 0.15) is 36.3 Å². The molecule has 2 aliphatic rings. The van der Waals surface area contributed by atoms with E-state index in [0.29, 0.717) is 17.8 Å². The molecule has 1 aromatic rings. The predicted molar refractivity (Wildman–Crippen MR) is 72.5 cm³/mol. The van der Waals surface area contributed by atoms with Gasteiger partial charge in [0.25, 0.3) is 0 Å². The van der Waals surface area contributed by atoms with Crippen LogP contribution in [-0.4, -0.2) is 25.0 Å². The normalized spacial score (nSPS) is 31.3. The van der Waals surface area contributed by atoms with Crippen LogP contribution in [0.25, 0.3) is 0 Å². The zero-order chi connectivity index (χ0) is 14.3. The summed E-state index contributed by atoms with van der Waals surface area (Å²) in [6.45, 7) is 2.12. The lowest BCUT2D eigenvalue weighted by molar-refractivity contribution is -0.137. The van der Waals surface area contributed by atoms with Crippen molar-refractivity contribution in [1.29, 1.82) is 0 Å². The number of halogens is 3. The number of hydrogen-bond donors (Lipinski definition) is 0. The maximum Gasteiger partial charge on any atom is 0.416 e. The topological polar surface area (TPSA) is 3.24 Å². The van der Waals surface area contributed by atoms with Gasteiger partial charge in [0.15, 0.2) is 0 Å². The first-order valence-corrected chi connectivity index (χ1v) is 7.31. The van der Waals surface area contributed by atoms with Crippen molar-refractivity contribution in [3.63, 3.8) is 0 Å². The van der Waals surface area contributed by atoms with Crippen LogP contribution in [0.4, 0.5) is 13.2 Å². The Labute approximate surface area is 117 Å². The Bertz CT molecular complexity index is 483. The predicted octanol–water partition coefficient (Wildman–Crippen LogP) is 4.15. The summed E-state index contributed by atoms with van der Waals surface area (Å²) < 4.78 is 38.6. The fraction of sp³-hybridized carbons (Fsp3) is 0.625. The molecule has 0 spiro atoms. The maximum atomic E-state index is 12.9. The molecule has 0 bridgehead atoms. The Hall–Kier alpha value is -1.03. The van der Waals surface area contributed by atoms with Crippen molar-refractivity contribution in [2.45, 2.75) is 31.4 Å². The van der Waals surface area contributed by atoms with Gasteiger partial charge in [-0.2, -0.15) is 13.2 Å². The Morgan fingerprint density at radius 2 is 1.95 bits per heavy atom. The standard InChI is InChI=1S/C16H20F3N/c1-20-9-12-5-3-7-14(15(12)10-20)11-4-2-6-13(8-11)16(17,18)19/h2,4,6,8,12,14-15H,3,5,7,9-10H2,1H3/t12-,14?,15?/m1/s1. The molecule has 1 heterocycles. The SMILES string of the molecule is CN1CC2C(c3cccc(C(F)(F)F)c3)CCC[C@@H]2C1. The molecule has 20 heavy (non-hydrogen) atoms. The molecule has 3 atom stereocenters. The average molecular weight is 283 g/mol. The molecule has 0 amide bonds. The maximum absolute atomic E-state index is 12.9. The minimum absolute atomic E-state index is 0.293. The van der Waals surface area contributed by atoms with Gasteiger partial charge in [0.2, 0.25) is 0 Å². The number of alkyl halides is 3. The lowest BCUT2D eigenvalue weighted by Gasteiger charge is -2.33. The molecule has 1 aliphatic heterocycles. The average Bonchev–Trinajstić information content (AvgIpc) is 2.77. The van der Waals surface area contributed by atoms with E-state index in [-0.39, 0.29) is 0 Å². The van der Waals surface area contributed by atoms with E-state index >= 15 is 0 Å². The second kappa shape index (κ2) is 5.06. The quantitative estimate of drug-likeness (QED) is 0.748. The first-order valence-electron chi connectivity index (χ1n) is 7.31. The summed E-state index contributed by atoms with van der Waals surface area (Å²) in [5, 5.41) is 0. The highest BCUT2D eigenvalue weighted by atomic mass is 19.4. The lowest BCUT2D eigenvalue weighted by atomic mass is 9.71. The number of nitrogens with zero attached hydrogens (tertiary/aromatic N) is 1. The van der Waals surface area contributed by atoms with Gasteiger partial charge in [-0.25, -0.2) is 0 Å². The summed E-state index contributed by atoms with van der Waals surface area (Å²) in [5.41, 5.74) is 0.369. The molecule has 4 heteroatoms. The molecule has 1 nitrogen and oxygen atoms in total. The Balaban J connectivity index is 1.88. The highest BCUT2D eigenvalue weighted by Crippen LogP contribution is 2.45. The molecule has 2 unspecified atom stereocenters. The van der Waals surface area contributed by atoms with E-state index in [1.165, 1.54) is 18.6 Å². The van der Waals surface area contributed by atoms with Crippen molar-refractivity contribution < 1.29 is 13.2 Å². The van der Waals surface area contributed by atoms with Gasteiger partial charge in [0.1, 0.15) is 0 Å². The number of rotatable bonds is 1. The van der Waals surface area contributed by atoms with Crippen molar-refractivity contribution in [1.82, 2.24) is 4.90 Å². The minimum atomic E-state index is -4.24. The molecule has 2 fully saturated rings. The summed E-state index contributed by atoms with van der Waals surface area (Å²) in [5.74, 6) is 1.48. The van der Waals surface area contributed by atoms with Crippen LogP contribution in [0.15, 0.2) is 24.3 Å². The van der Waals surface area contributed by atoms with E-state index in [9.17, 15) is 13.2 Å². The van der Waals surface area contributed by atoms with Gasteiger partial charge in [-0.15, -0.1) is 0 Å². The molecule has 0 radical (unpaired) electrons. The van der Waals surface area contributed by atoms with Gasteiger partial charge >= 0.3 is 6.18 Å². The number of benzene rings is 1. The first kappa shape index (κ1) is 13.9. The molecule has 1 aliphatic carbocycles. The summed E-state index contributed by atoms with van der Waals surface area (Å²) in [7, 11) is 2.11. The summed E-state index contributed by atoms with van der Waals surface area (Å²) in [4.78, 5) is 2.32. The number of fused-ring (bicyclic) bond motifs is 1. The summed E-state index contributed by atoms with van der Waals surface area (Å²) in [6.07, 6.45) is -0.854. The second-order valence-electron chi connectivity index (χ2n) is 6.31. The van der Waals surface area contributed by atoms with Crippen LogP contribution in [0.5, 0.6) is 0 Å². The molecule has 3 rings (SSSR count). The molecular weight excluding hydrogens is 263 g/mol. The molecule has 0 aromatic heterocycles. The van der Waals surface area contributed by atoms with E-state index in [1.54, 1.807) is 6.07 Å². The van der Waals surface area contributed by atoms with Gasteiger partial charge in [-0.1, -0.05) is 24.6 Å². The van der Waals surface area contributed by atoms with Crippen LogP contribution in [0.2, 0.25) is 0 Å². The third-order valence-electron chi connectivity index (χ3n) is 4.92. The Kier molecular flexibility index (Phi) is 3.53. The molecule has 0 N–H and O–H groups in total. The lowest BCUT2D eigenvalue weighted by Crippen LogP contribution is -2.26.